The highest BCUT2D eigenvalue weighted by Crippen LogP contribution is 2.30. The highest BCUT2D eigenvalue weighted by atomic mass is 33.1. The van der Waals surface area contributed by atoms with Crippen molar-refractivity contribution in [2.75, 3.05) is 37.9 Å². The summed E-state index contributed by atoms with van der Waals surface area (Å²) < 4.78 is 33.2. The molecule has 20 nitrogen and oxygen atoms in total. The Labute approximate surface area is 279 Å². The van der Waals surface area contributed by atoms with E-state index < -0.39 is 66.5 Å². The van der Waals surface area contributed by atoms with Gasteiger partial charge in [-0.3, -0.25) is 24.1 Å². The van der Waals surface area contributed by atoms with Crippen LogP contribution in [-0.2, 0) is 33.2 Å². The number of fused-ring (bicyclic) bond motifs is 1. The first-order valence-corrected chi connectivity index (χ1v) is 17.0. The van der Waals surface area contributed by atoms with Crippen molar-refractivity contribution >= 4 is 52.5 Å². The van der Waals surface area contributed by atoms with E-state index in [1.807, 2.05) is 0 Å². The monoisotopic (exact) mass is 709 g/mol. The molecule has 1 aromatic heterocycles. The minimum atomic E-state index is -0.949. The van der Waals surface area contributed by atoms with Crippen LogP contribution in [0.3, 0.4) is 0 Å². The van der Waals surface area contributed by atoms with Crippen LogP contribution in [-0.4, -0.2) is 120 Å². The third kappa shape index (κ3) is 8.89. The molecule has 4 aliphatic rings. The lowest BCUT2D eigenvalue weighted by Crippen LogP contribution is -2.50. The standard InChI is InChI=1S/C26H31N9O11S2/c1-14-9-34(24(38)31-22(14)36)19-8-16(32-33-27)17(46-19)11-44-26(40)42-5-7-48-47-6-4-41-25(39)43-10-15-2-3-18(45-15)35-13-30-20-21(35)28-12-29-23(20)37/h2-3,9,12-13,15-21H,4-8,10-11H2,1H3,(H,28,29,37)(H,31,36,38)/t15?,16-,17+,18+,19+,20?,21?/m0/s1. The molecule has 1 aromatic rings. The number of nitrogens with one attached hydrogen (secondary N) is 2. The minimum Gasteiger partial charge on any atom is -0.433 e. The fraction of sp³-hybridized carbons (Fsp3) is 0.577. The summed E-state index contributed by atoms with van der Waals surface area (Å²) in [6.07, 6.45) is 2.91. The smallest absolute Gasteiger partial charge is 0.433 e. The predicted octanol–water partition coefficient (Wildman–Crippen LogP) is 0.977. The second-order valence-electron chi connectivity index (χ2n) is 10.4. The third-order valence-corrected chi connectivity index (χ3v) is 9.53. The first-order chi connectivity index (χ1) is 23.2. The van der Waals surface area contributed by atoms with Gasteiger partial charge in [-0.1, -0.05) is 32.8 Å². The molecular weight excluding hydrogens is 678 g/mol. The molecule has 0 spiro atoms. The van der Waals surface area contributed by atoms with Crippen LogP contribution in [0.1, 0.15) is 18.2 Å². The quantitative estimate of drug-likeness (QED) is 0.0520. The van der Waals surface area contributed by atoms with Crippen LogP contribution in [0.2, 0.25) is 0 Å². The number of amides is 1. The number of aromatic amines is 1. The Balaban J connectivity index is 0.888. The summed E-state index contributed by atoms with van der Waals surface area (Å²) in [4.78, 5) is 74.8. The number of aliphatic imine (C=N–C) groups is 2. The van der Waals surface area contributed by atoms with Crippen LogP contribution < -0.4 is 16.6 Å². The van der Waals surface area contributed by atoms with Crippen LogP contribution >= 0.6 is 21.6 Å². The topological polar surface area (TPSA) is 250 Å². The maximum atomic E-state index is 12.2. The highest BCUT2D eigenvalue weighted by Gasteiger charge is 2.42. The van der Waals surface area contributed by atoms with Gasteiger partial charge in [0, 0.05) is 34.6 Å². The van der Waals surface area contributed by atoms with Gasteiger partial charge in [0.25, 0.3) is 11.5 Å². The Morgan fingerprint density at radius 1 is 1.06 bits per heavy atom. The first-order valence-electron chi connectivity index (χ1n) is 14.5. The lowest BCUT2D eigenvalue weighted by atomic mass is 10.1. The van der Waals surface area contributed by atoms with Crippen molar-refractivity contribution in [3.05, 3.63) is 55.2 Å². The molecule has 0 radical (unpaired) electrons. The lowest BCUT2D eigenvalue weighted by molar-refractivity contribution is -0.122. The molecule has 4 aliphatic heterocycles. The Morgan fingerprint density at radius 2 is 1.79 bits per heavy atom. The first kappa shape index (κ1) is 34.8. The average molecular weight is 710 g/mol. The Kier molecular flexibility index (Phi) is 12.0. The van der Waals surface area contributed by atoms with E-state index in [0.717, 1.165) is 0 Å². The zero-order valence-corrected chi connectivity index (χ0v) is 26.9. The maximum absolute atomic E-state index is 12.2. The number of azide groups is 1. The average Bonchev–Trinajstić information content (AvgIpc) is 3.81. The largest absolute Gasteiger partial charge is 0.508 e. The predicted molar refractivity (Wildman–Crippen MR) is 169 cm³/mol. The molecule has 1 amide bonds. The Morgan fingerprint density at radius 3 is 2.52 bits per heavy atom. The molecule has 0 aromatic carbocycles. The van der Waals surface area contributed by atoms with E-state index in [9.17, 15) is 24.0 Å². The molecule has 0 aliphatic carbocycles. The van der Waals surface area contributed by atoms with Gasteiger partial charge in [-0.15, -0.1) is 0 Å². The van der Waals surface area contributed by atoms with E-state index in [4.69, 9.17) is 34.0 Å². The molecule has 1 saturated heterocycles. The van der Waals surface area contributed by atoms with E-state index in [1.165, 1.54) is 52.0 Å². The van der Waals surface area contributed by atoms with Crippen LogP contribution in [0.5, 0.6) is 0 Å². The molecular formula is C26H31N9O11S2. The second-order valence-corrected chi connectivity index (χ2v) is 13.1. The molecule has 3 unspecified atom stereocenters. The SMILES string of the molecule is Cc1cn([C@H]2C[C@H](N=[N+]=[N-])[C@@H](COC(=O)OCCSSCCOC(=O)OCC3C=C[C@H](N4C=NC5C(=O)NC=NC54)O3)O2)c(=O)[nH]c1=O. The van der Waals surface area contributed by atoms with E-state index in [0.29, 0.717) is 17.1 Å². The van der Waals surface area contributed by atoms with Gasteiger partial charge in [0.05, 0.1) is 18.7 Å². The molecule has 22 heteroatoms. The van der Waals surface area contributed by atoms with Crippen LogP contribution in [0.15, 0.2) is 43.0 Å². The summed E-state index contributed by atoms with van der Waals surface area (Å²) in [5, 5.41) is 6.19. The minimum absolute atomic E-state index is 0.0412. The van der Waals surface area contributed by atoms with Gasteiger partial charge >= 0.3 is 18.0 Å². The molecule has 2 N–H and O–H groups in total. The van der Waals surface area contributed by atoms with Gasteiger partial charge in [-0.05, 0) is 18.5 Å². The molecule has 1 fully saturated rings. The van der Waals surface area contributed by atoms with E-state index in [1.54, 1.807) is 17.1 Å². The number of carbonyl (C=O) groups excluding carboxylic acids is 3. The summed E-state index contributed by atoms with van der Waals surface area (Å²) in [5.74, 6) is 0.638. The molecule has 5 rings (SSSR count). The van der Waals surface area contributed by atoms with Crippen LogP contribution in [0, 0.1) is 6.92 Å². The second kappa shape index (κ2) is 16.6. The summed E-state index contributed by atoms with van der Waals surface area (Å²) in [6, 6.07) is -1.35. The molecule has 0 bridgehead atoms. The number of aromatic nitrogens is 2. The summed E-state index contributed by atoms with van der Waals surface area (Å²) in [7, 11) is 2.78. The number of hydrogen-bond acceptors (Lipinski definition) is 17. The summed E-state index contributed by atoms with van der Waals surface area (Å²) >= 11 is 0. The number of aryl methyl sites for hydroxylation is 1. The van der Waals surface area contributed by atoms with E-state index in [2.05, 4.69) is 30.3 Å². The van der Waals surface area contributed by atoms with Crippen LogP contribution in [0.4, 0.5) is 9.59 Å². The molecule has 0 saturated carbocycles. The van der Waals surface area contributed by atoms with Gasteiger partial charge < -0.3 is 38.6 Å². The Hall–Kier alpha value is -4.50. The van der Waals surface area contributed by atoms with Gasteiger partial charge in [-0.25, -0.2) is 19.4 Å². The zero-order valence-electron chi connectivity index (χ0n) is 25.3. The van der Waals surface area contributed by atoms with Crippen molar-refractivity contribution in [3.63, 3.8) is 0 Å². The van der Waals surface area contributed by atoms with Gasteiger partial charge in [0.2, 0.25) is 0 Å². The third-order valence-electron chi connectivity index (χ3n) is 7.20. The number of carbonyl (C=O) groups is 3. The zero-order chi connectivity index (χ0) is 34.0. The number of nitrogens with zero attached hydrogens (tertiary/aromatic N) is 7. The maximum Gasteiger partial charge on any atom is 0.508 e. The summed E-state index contributed by atoms with van der Waals surface area (Å²) in [6.45, 7) is 1.33. The normalized spacial score (nSPS) is 26.9. The molecule has 258 valence electrons. The van der Waals surface area contributed by atoms with Crippen molar-refractivity contribution in [1.29, 1.82) is 0 Å². The van der Waals surface area contributed by atoms with Crippen molar-refractivity contribution in [2.45, 2.75) is 56.3 Å². The number of rotatable bonds is 14. The highest BCUT2D eigenvalue weighted by molar-refractivity contribution is 8.76. The van der Waals surface area contributed by atoms with Crippen molar-refractivity contribution in [1.82, 2.24) is 19.8 Å². The number of H-pyrrole nitrogens is 1. The van der Waals surface area contributed by atoms with Gasteiger partial charge in [-0.2, -0.15) is 0 Å². The van der Waals surface area contributed by atoms with E-state index in [-0.39, 0.29) is 38.8 Å². The van der Waals surface area contributed by atoms with Gasteiger partial charge in [0.1, 0.15) is 44.9 Å². The molecule has 48 heavy (non-hydrogen) atoms. The van der Waals surface area contributed by atoms with Crippen LogP contribution in [0.25, 0.3) is 10.4 Å². The fourth-order valence-corrected chi connectivity index (χ4v) is 6.55. The van der Waals surface area contributed by atoms with Crippen molar-refractivity contribution in [3.8, 4) is 0 Å². The summed E-state index contributed by atoms with van der Waals surface area (Å²) in [5.41, 5.74) is 8.00. The molecule has 5 heterocycles. The lowest BCUT2D eigenvalue weighted by Gasteiger charge is -2.30. The van der Waals surface area contributed by atoms with Crippen molar-refractivity contribution in [2.24, 2.45) is 15.1 Å². The fourth-order valence-electron chi connectivity index (χ4n) is 4.89. The number of ether oxygens (including phenoxy) is 6. The van der Waals surface area contributed by atoms with E-state index >= 15 is 0 Å². The number of hydrogen-bond donors (Lipinski definition) is 2. The van der Waals surface area contributed by atoms with Crippen molar-refractivity contribution < 1.29 is 42.8 Å². The van der Waals surface area contributed by atoms with Gasteiger partial charge in [0.15, 0.2) is 18.4 Å². The Bertz CT molecular complexity index is 1610. The molecule has 7 atom stereocenters.